The zero-order valence-corrected chi connectivity index (χ0v) is 15.9. The first-order valence-corrected chi connectivity index (χ1v) is 8.80. The molecular formula is C17H24BrN3O3. The van der Waals surface area contributed by atoms with Crippen molar-refractivity contribution in [3.8, 4) is 0 Å². The van der Waals surface area contributed by atoms with Crippen LogP contribution in [-0.4, -0.2) is 53.7 Å². The van der Waals surface area contributed by atoms with Crippen molar-refractivity contribution in [3.63, 3.8) is 0 Å². The highest BCUT2D eigenvalue weighted by Gasteiger charge is 2.27. The number of carbonyl (C=O) groups is 2. The number of hydrogen-bond acceptors (Lipinski definition) is 3. The Labute approximate surface area is 151 Å². The number of nitrogens with zero attached hydrogens (tertiary/aromatic N) is 2. The van der Waals surface area contributed by atoms with E-state index in [4.69, 9.17) is 4.74 Å². The summed E-state index contributed by atoms with van der Waals surface area (Å²) in [4.78, 5) is 27.6. The van der Waals surface area contributed by atoms with E-state index in [1.807, 2.05) is 45.0 Å². The molecule has 1 aromatic carbocycles. The third-order valence-corrected chi connectivity index (χ3v) is 4.38. The van der Waals surface area contributed by atoms with Gasteiger partial charge >= 0.3 is 12.1 Å². The first kappa shape index (κ1) is 18.6. The summed E-state index contributed by atoms with van der Waals surface area (Å²) >= 11 is 3.47. The molecule has 0 radical (unpaired) electrons. The molecule has 132 valence electrons. The van der Waals surface area contributed by atoms with E-state index in [1.54, 1.807) is 9.80 Å². The maximum Gasteiger partial charge on any atom is 0.410 e. The zero-order valence-electron chi connectivity index (χ0n) is 14.3. The average molecular weight is 398 g/mol. The smallest absolute Gasteiger partial charge is 0.410 e. The first-order chi connectivity index (χ1) is 11.3. The lowest BCUT2D eigenvalue weighted by molar-refractivity contribution is 0.0170. The van der Waals surface area contributed by atoms with Gasteiger partial charge in [-0.15, -0.1) is 0 Å². The Morgan fingerprint density at radius 3 is 2.29 bits per heavy atom. The molecule has 1 fully saturated rings. The van der Waals surface area contributed by atoms with Crippen LogP contribution in [0, 0.1) is 0 Å². The van der Waals surface area contributed by atoms with Gasteiger partial charge in [0.05, 0.1) is 0 Å². The molecule has 6 nitrogen and oxygen atoms in total. The molecule has 1 aromatic rings. The lowest BCUT2D eigenvalue weighted by Crippen LogP contribution is -2.53. The Bertz CT molecular complexity index is 593. The summed E-state index contributed by atoms with van der Waals surface area (Å²) in [5.41, 5.74) is 0.521. The Hall–Kier alpha value is -1.76. The van der Waals surface area contributed by atoms with Crippen molar-refractivity contribution in [2.24, 2.45) is 0 Å². The minimum absolute atomic E-state index is 0.116. The van der Waals surface area contributed by atoms with Gasteiger partial charge in [0.1, 0.15) is 5.60 Å². The van der Waals surface area contributed by atoms with Gasteiger partial charge < -0.3 is 19.9 Å². The average Bonchev–Trinajstić information content (AvgIpc) is 2.52. The van der Waals surface area contributed by atoms with Gasteiger partial charge in [-0.05, 0) is 32.4 Å². The summed E-state index contributed by atoms with van der Waals surface area (Å²) < 4.78 is 6.33. The number of rotatable bonds is 2. The van der Waals surface area contributed by atoms with Gasteiger partial charge in [0, 0.05) is 37.2 Å². The van der Waals surface area contributed by atoms with Crippen LogP contribution in [0.1, 0.15) is 26.3 Å². The first-order valence-electron chi connectivity index (χ1n) is 8.00. The molecule has 1 saturated heterocycles. The van der Waals surface area contributed by atoms with Crippen molar-refractivity contribution in [2.75, 3.05) is 26.2 Å². The van der Waals surface area contributed by atoms with Crippen molar-refractivity contribution in [3.05, 3.63) is 34.3 Å². The monoisotopic (exact) mass is 397 g/mol. The van der Waals surface area contributed by atoms with E-state index in [1.165, 1.54) is 0 Å². The summed E-state index contributed by atoms with van der Waals surface area (Å²) in [6.45, 7) is 7.96. The quantitative estimate of drug-likeness (QED) is 0.832. The summed E-state index contributed by atoms with van der Waals surface area (Å²) in [5.74, 6) is 0. The van der Waals surface area contributed by atoms with Crippen LogP contribution in [0.4, 0.5) is 9.59 Å². The van der Waals surface area contributed by atoms with E-state index < -0.39 is 5.60 Å². The van der Waals surface area contributed by atoms with Gasteiger partial charge in [0.15, 0.2) is 0 Å². The highest BCUT2D eigenvalue weighted by Crippen LogP contribution is 2.16. The lowest BCUT2D eigenvalue weighted by atomic mass is 10.2. The van der Waals surface area contributed by atoms with Gasteiger partial charge in [-0.3, -0.25) is 0 Å². The number of piperazine rings is 1. The van der Waals surface area contributed by atoms with E-state index in [0.717, 1.165) is 10.0 Å². The summed E-state index contributed by atoms with van der Waals surface area (Å²) in [7, 11) is 0. The summed E-state index contributed by atoms with van der Waals surface area (Å²) in [5, 5.41) is 2.91. The molecule has 0 spiro atoms. The topological polar surface area (TPSA) is 61.9 Å². The fraction of sp³-hybridized carbons (Fsp3) is 0.529. The minimum Gasteiger partial charge on any atom is -0.444 e. The molecular weight excluding hydrogens is 374 g/mol. The molecule has 3 amide bonds. The predicted molar refractivity (Wildman–Crippen MR) is 95.8 cm³/mol. The Balaban J connectivity index is 1.78. The van der Waals surface area contributed by atoms with Gasteiger partial charge in [0.25, 0.3) is 0 Å². The number of urea groups is 1. The van der Waals surface area contributed by atoms with Gasteiger partial charge in [-0.1, -0.05) is 34.1 Å². The molecule has 1 aliphatic heterocycles. The van der Waals surface area contributed by atoms with Crippen LogP contribution in [0.15, 0.2) is 28.7 Å². The molecule has 0 aliphatic carbocycles. The van der Waals surface area contributed by atoms with Crippen LogP contribution in [0.2, 0.25) is 0 Å². The molecule has 1 N–H and O–H groups in total. The van der Waals surface area contributed by atoms with Crippen molar-refractivity contribution >= 4 is 28.1 Å². The number of carbonyl (C=O) groups excluding carboxylic acids is 2. The number of amides is 3. The van der Waals surface area contributed by atoms with E-state index in [9.17, 15) is 9.59 Å². The highest BCUT2D eigenvalue weighted by molar-refractivity contribution is 9.10. The molecule has 0 bridgehead atoms. The van der Waals surface area contributed by atoms with Crippen LogP contribution in [0.25, 0.3) is 0 Å². The van der Waals surface area contributed by atoms with Crippen molar-refractivity contribution < 1.29 is 14.3 Å². The molecule has 0 saturated carbocycles. The number of nitrogens with one attached hydrogen (secondary N) is 1. The molecule has 1 aliphatic rings. The molecule has 0 atom stereocenters. The maximum absolute atomic E-state index is 12.3. The molecule has 7 heteroatoms. The summed E-state index contributed by atoms with van der Waals surface area (Å²) in [6, 6.07) is 7.66. The zero-order chi connectivity index (χ0) is 17.7. The van der Waals surface area contributed by atoms with Gasteiger partial charge in [-0.2, -0.15) is 0 Å². The van der Waals surface area contributed by atoms with Crippen molar-refractivity contribution in [1.82, 2.24) is 15.1 Å². The Morgan fingerprint density at radius 1 is 1.12 bits per heavy atom. The van der Waals surface area contributed by atoms with Gasteiger partial charge in [0.2, 0.25) is 0 Å². The van der Waals surface area contributed by atoms with Crippen LogP contribution in [0.5, 0.6) is 0 Å². The largest absolute Gasteiger partial charge is 0.444 e. The van der Waals surface area contributed by atoms with Crippen LogP contribution >= 0.6 is 15.9 Å². The molecule has 2 rings (SSSR count). The van der Waals surface area contributed by atoms with Crippen LogP contribution in [-0.2, 0) is 11.3 Å². The summed E-state index contributed by atoms with van der Waals surface area (Å²) in [6.07, 6.45) is -0.323. The molecule has 0 aromatic heterocycles. The molecule has 24 heavy (non-hydrogen) atoms. The maximum atomic E-state index is 12.3. The predicted octanol–water partition coefficient (Wildman–Crippen LogP) is 3.21. The Morgan fingerprint density at radius 2 is 1.71 bits per heavy atom. The fourth-order valence-corrected chi connectivity index (χ4v) is 2.77. The van der Waals surface area contributed by atoms with E-state index >= 15 is 0 Å². The second-order valence-corrected chi connectivity index (χ2v) is 7.56. The minimum atomic E-state index is -0.505. The molecule has 1 heterocycles. The van der Waals surface area contributed by atoms with Crippen molar-refractivity contribution in [1.29, 1.82) is 0 Å². The number of halogens is 1. The third kappa shape index (κ3) is 5.40. The fourth-order valence-electron chi connectivity index (χ4n) is 2.34. The van der Waals surface area contributed by atoms with Gasteiger partial charge in [-0.25, -0.2) is 9.59 Å². The second-order valence-electron chi connectivity index (χ2n) is 6.70. The SMILES string of the molecule is CC(C)(C)OC(=O)N1CCN(C(=O)NCc2ccccc2Br)CC1. The highest BCUT2D eigenvalue weighted by atomic mass is 79.9. The second kappa shape index (κ2) is 7.88. The lowest BCUT2D eigenvalue weighted by Gasteiger charge is -2.35. The van der Waals surface area contributed by atoms with E-state index in [0.29, 0.717) is 32.7 Å². The van der Waals surface area contributed by atoms with Crippen molar-refractivity contribution in [2.45, 2.75) is 32.9 Å². The third-order valence-electron chi connectivity index (χ3n) is 3.61. The standard InChI is InChI=1S/C17H24BrN3O3/c1-17(2,3)24-16(23)21-10-8-20(9-11-21)15(22)19-12-13-6-4-5-7-14(13)18/h4-7H,8-12H2,1-3H3,(H,19,22). The van der Waals surface area contributed by atoms with Crippen LogP contribution in [0.3, 0.4) is 0 Å². The van der Waals surface area contributed by atoms with Crippen LogP contribution < -0.4 is 5.32 Å². The Kier molecular flexibility index (Phi) is 6.10. The molecule has 0 unspecified atom stereocenters. The number of benzene rings is 1. The van der Waals surface area contributed by atoms with E-state index in [-0.39, 0.29) is 12.1 Å². The normalized spacial score (nSPS) is 15.2. The van der Waals surface area contributed by atoms with E-state index in [2.05, 4.69) is 21.2 Å². The number of hydrogen-bond donors (Lipinski definition) is 1. The number of ether oxygens (including phenoxy) is 1.